The van der Waals surface area contributed by atoms with E-state index in [0.717, 1.165) is 17.7 Å². The van der Waals surface area contributed by atoms with Crippen LogP contribution in [-0.2, 0) is 25.5 Å². The van der Waals surface area contributed by atoms with Gasteiger partial charge in [-0.1, -0.05) is 19.1 Å². The Kier molecular flexibility index (Phi) is 10.9. The molecule has 39 heavy (non-hydrogen) atoms. The van der Waals surface area contributed by atoms with Gasteiger partial charge in [0.2, 0.25) is 5.91 Å². The van der Waals surface area contributed by atoms with Crippen LogP contribution in [0.2, 0.25) is 0 Å². The maximum atomic E-state index is 13.1. The topological polar surface area (TPSA) is 138 Å². The number of hydrogen-bond acceptors (Lipinski definition) is 7. The van der Waals surface area contributed by atoms with Gasteiger partial charge in [-0.05, 0) is 49.6 Å². The van der Waals surface area contributed by atoms with Gasteiger partial charge in [0.05, 0.1) is 12.5 Å². The molecule has 3 rings (SSSR count). The van der Waals surface area contributed by atoms with Gasteiger partial charge in [0.15, 0.2) is 0 Å². The number of aliphatic carboxylic acids is 1. The van der Waals surface area contributed by atoms with Crippen molar-refractivity contribution in [3.8, 4) is 0 Å². The second kappa shape index (κ2) is 13.9. The number of methoxy groups -OCH3 is 1. The van der Waals surface area contributed by atoms with E-state index in [1.165, 1.54) is 7.11 Å². The summed E-state index contributed by atoms with van der Waals surface area (Å²) in [5.74, 6) is -0.408. The zero-order valence-electron chi connectivity index (χ0n) is 23.1. The summed E-state index contributed by atoms with van der Waals surface area (Å²) in [5.41, 5.74) is 1.29. The molecule has 11 nitrogen and oxygen atoms in total. The predicted molar refractivity (Wildman–Crippen MR) is 149 cm³/mol. The standard InChI is InChI=1S/C27H40N4O7S/c1-18-9-16-39-27(2,3)22(18)23(32)29-21(24(33)34)17-19-5-7-20(8-6-19)28-25(35)30-10-12-31(13-11-30)26(36)38-15-14-37-4/h5-8,18,21-22H,9-17H2,1-4H3,(H,28,35)(H,29,32)(H,33,34)/t18?,21-,22+/m0/s1. The maximum Gasteiger partial charge on any atom is 0.409 e. The van der Waals surface area contributed by atoms with Gasteiger partial charge < -0.3 is 35.0 Å². The van der Waals surface area contributed by atoms with Gasteiger partial charge in [0, 0.05) is 50.1 Å². The molecule has 2 fully saturated rings. The Hall–Kier alpha value is -2.99. The van der Waals surface area contributed by atoms with Crippen molar-refractivity contribution in [2.75, 3.05) is 57.6 Å². The molecule has 2 aliphatic heterocycles. The Bertz CT molecular complexity index is 1010. The third kappa shape index (κ3) is 8.50. The second-order valence-corrected chi connectivity index (χ2v) is 12.3. The number of amides is 4. The number of anilines is 1. The fraction of sp³-hybridized carbons (Fsp3) is 0.630. The maximum absolute atomic E-state index is 13.1. The molecule has 12 heteroatoms. The van der Waals surface area contributed by atoms with E-state index in [1.807, 2.05) is 20.8 Å². The SMILES string of the molecule is COCCOC(=O)N1CCN(C(=O)Nc2ccc(C[C@H](NC(=O)[C@H]3C(C)CCSC3(C)C)C(=O)O)cc2)CC1. The highest BCUT2D eigenvalue weighted by atomic mass is 32.2. The largest absolute Gasteiger partial charge is 0.480 e. The average molecular weight is 565 g/mol. The summed E-state index contributed by atoms with van der Waals surface area (Å²) in [4.78, 5) is 53.0. The number of piperazine rings is 1. The minimum absolute atomic E-state index is 0.131. The summed E-state index contributed by atoms with van der Waals surface area (Å²) in [6, 6.07) is 5.57. The second-order valence-electron chi connectivity index (χ2n) is 10.5. The van der Waals surface area contributed by atoms with Gasteiger partial charge in [-0.3, -0.25) is 4.79 Å². The van der Waals surface area contributed by atoms with Crippen LogP contribution in [0.5, 0.6) is 0 Å². The van der Waals surface area contributed by atoms with E-state index in [2.05, 4.69) is 10.6 Å². The molecular weight excluding hydrogens is 524 g/mol. The normalized spacial score (nSPS) is 21.5. The van der Waals surface area contributed by atoms with Gasteiger partial charge in [0.1, 0.15) is 12.6 Å². The van der Waals surface area contributed by atoms with Crippen molar-refractivity contribution in [3.63, 3.8) is 0 Å². The van der Waals surface area contributed by atoms with Crippen molar-refractivity contribution >= 4 is 41.5 Å². The van der Waals surface area contributed by atoms with Crippen molar-refractivity contribution in [2.45, 2.75) is 44.4 Å². The van der Waals surface area contributed by atoms with E-state index in [0.29, 0.717) is 38.5 Å². The smallest absolute Gasteiger partial charge is 0.409 e. The molecule has 0 saturated carbocycles. The minimum atomic E-state index is -1.09. The van der Waals surface area contributed by atoms with Crippen molar-refractivity contribution in [1.82, 2.24) is 15.1 Å². The zero-order valence-corrected chi connectivity index (χ0v) is 23.9. The molecule has 3 atom stereocenters. The number of nitrogens with one attached hydrogen (secondary N) is 2. The van der Waals surface area contributed by atoms with Gasteiger partial charge in [0.25, 0.3) is 0 Å². The van der Waals surface area contributed by atoms with Crippen LogP contribution in [0.15, 0.2) is 24.3 Å². The lowest BCUT2D eigenvalue weighted by Crippen LogP contribution is -2.52. The first kappa shape index (κ1) is 30.6. The van der Waals surface area contributed by atoms with E-state index in [-0.39, 0.29) is 41.5 Å². The van der Waals surface area contributed by atoms with Crippen LogP contribution in [0.1, 0.15) is 32.8 Å². The number of ether oxygens (including phenoxy) is 2. The monoisotopic (exact) mass is 564 g/mol. The van der Waals surface area contributed by atoms with Crippen molar-refractivity contribution in [1.29, 1.82) is 0 Å². The van der Waals surface area contributed by atoms with Crippen molar-refractivity contribution < 1.29 is 33.8 Å². The number of nitrogens with zero attached hydrogens (tertiary/aromatic N) is 2. The van der Waals surface area contributed by atoms with Gasteiger partial charge in [-0.25, -0.2) is 14.4 Å². The van der Waals surface area contributed by atoms with Crippen molar-refractivity contribution in [3.05, 3.63) is 29.8 Å². The molecular formula is C27H40N4O7S. The van der Waals surface area contributed by atoms with Crippen LogP contribution < -0.4 is 10.6 Å². The molecule has 1 aromatic carbocycles. The Morgan fingerprint density at radius 3 is 2.31 bits per heavy atom. The fourth-order valence-corrected chi connectivity index (χ4v) is 6.58. The predicted octanol–water partition coefficient (Wildman–Crippen LogP) is 2.90. The lowest BCUT2D eigenvalue weighted by molar-refractivity contribution is -0.143. The molecule has 2 saturated heterocycles. The summed E-state index contributed by atoms with van der Waals surface area (Å²) in [6.07, 6.45) is 0.634. The highest BCUT2D eigenvalue weighted by Crippen LogP contribution is 2.43. The first-order valence-corrected chi connectivity index (χ1v) is 14.2. The first-order valence-electron chi connectivity index (χ1n) is 13.2. The molecule has 3 N–H and O–H groups in total. The van der Waals surface area contributed by atoms with Crippen LogP contribution in [0.3, 0.4) is 0 Å². The average Bonchev–Trinajstić information content (AvgIpc) is 2.88. The Labute approximate surface area is 233 Å². The number of carbonyl (C=O) groups is 4. The van der Waals surface area contributed by atoms with E-state index in [1.54, 1.807) is 45.8 Å². The summed E-state index contributed by atoms with van der Waals surface area (Å²) in [5, 5.41) is 15.4. The molecule has 2 aliphatic rings. The van der Waals surface area contributed by atoms with E-state index in [4.69, 9.17) is 9.47 Å². The molecule has 216 valence electrons. The Morgan fingerprint density at radius 1 is 1.08 bits per heavy atom. The number of carboxylic acid groups (broad SMARTS) is 1. The third-order valence-electron chi connectivity index (χ3n) is 7.25. The molecule has 0 spiro atoms. The summed E-state index contributed by atoms with van der Waals surface area (Å²) in [7, 11) is 1.53. The van der Waals surface area contributed by atoms with E-state index >= 15 is 0 Å². The number of carboxylic acids is 1. The number of rotatable bonds is 9. The van der Waals surface area contributed by atoms with E-state index in [9.17, 15) is 24.3 Å². The molecule has 0 aromatic heterocycles. The van der Waals surface area contributed by atoms with E-state index < -0.39 is 18.1 Å². The lowest BCUT2D eigenvalue weighted by atomic mass is 9.80. The van der Waals surface area contributed by atoms with Crippen molar-refractivity contribution in [2.24, 2.45) is 11.8 Å². The fourth-order valence-electron chi connectivity index (χ4n) is 5.04. The molecule has 1 unspecified atom stereocenters. The molecule has 1 aromatic rings. The Morgan fingerprint density at radius 2 is 1.72 bits per heavy atom. The molecule has 4 amide bonds. The summed E-state index contributed by atoms with van der Waals surface area (Å²) in [6.45, 7) is 8.13. The first-order chi connectivity index (χ1) is 18.5. The molecule has 2 heterocycles. The summed E-state index contributed by atoms with van der Waals surface area (Å²) < 4.78 is 9.72. The van der Waals surface area contributed by atoms with Crippen LogP contribution >= 0.6 is 11.8 Å². The molecule has 0 aliphatic carbocycles. The quantitative estimate of drug-likeness (QED) is 0.390. The van der Waals surface area contributed by atoms with Gasteiger partial charge >= 0.3 is 18.1 Å². The van der Waals surface area contributed by atoms with Gasteiger partial charge in [-0.2, -0.15) is 11.8 Å². The lowest BCUT2D eigenvalue weighted by Gasteiger charge is -2.41. The summed E-state index contributed by atoms with van der Waals surface area (Å²) >= 11 is 1.75. The van der Waals surface area contributed by atoms with Crippen LogP contribution in [0.25, 0.3) is 0 Å². The zero-order chi connectivity index (χ0) is 28.6. The number of benzene rings is 1. The highest BCUT2D eigenvalue weighted by Gasteiger charge is 2.43. The number of carbonyl (C=O) groups excluding carboxylic acids is 3. The third-order valence-corrected chi connectivity index (χ3v) is 8.68. The molecule has 0 radical (unpaired) electrons. The Balaban J connectivity index is 1.50. The van der Waals surface area contributed by atoms with Crippen LogP contribution in [-0.4, -0.2) is 102 Å². The highest BCUT2D eigenvalue weighted by molar-refractivity contribution is 8.00. The molecule has 0 bridgehead atoms. The number of hydrogen-bond donors (Lipinski definition) is 3. The van der Waals surface area contributed by atoms with Crippen LogP contribution in [0.4, 0.5) is 15.3 Å². The minimum Gasteiger partial charge on any atom is -0.480 e. The number of urea groups is 1. The van der Waals surface area contributed by atoms with Gasteiger partial charge in [-0.15, -0.1) is 0 Å². The number of thioether (sulfide) groups is 1. The van der Waals surface area contributed by atoms with Crippen LogP contribution in [0, 0.1) is 11.8 Å².